The first-order chi connectivity index (χ1) is 10.1. The van der Waals surface area contributed by atoms with Gasteiger partial charge < -0.3 is 16.8 Å². The van der Waals surface area contributed by atoms with Gasteiger partial charge in [0.2, 0.25) is 5.91 Å². The highest BCUT2D eigenvalue weighted by Crippen LogP contribution is 2.28. The second kappa shape index (κ2) is 5.13. The zero-order valence-electron chi connectivity index (χ0n) is 11.2. The summed E-state index contributed by atoms with van der Waals surface area (Å²) in [6, 6.07) is 14.6. The first-order valence-electron chi connectivity index (χ1n) is 6.45. The van der Waals surface area contributed by atoms with E-state index >= 15 is 0 Å². The van der Waals surface area contributed by atoms with Crippen LogP contribution in [0.15, 0.2) is 54.7 Å². The smallest absolute Gasteiger partial charge is 0.248 e. The van der Waals surface area contributed by atoms with E-state index in [1.165, 1.54) is 0 Å². The largest absolute Gasteiger partial charge is 0.397 e. The van der Waals surface area contributed by atoms with Gasteiger partial charge in [0.25, 0.3) is 0 Å². The lowest BCUT2D eigenvalue weighted by Crippen LogP contribution is -2.11. The molecule has 104 valence electrons. The Morgan fingerprint density at radius 3 is 2.67 bits per heavy atom. The molecule has 3 aromatic rings. The minimum Gasteiger partial charge on any atom is -0.397 e. The van der Waals surface area contributed by atoms with Crippen LogP contribution in [0.25, 0.3) is 10.9 Å². The maximum absolute atomic E-state index is 11.3. The molecule has 5 heteroatoms. The molecule has 0 aliphatic heterocycles. The van der Waals surface area contributed by atoms with Gasteiger partial charge in [-0.3, -0.25) is 9.78 Å². The van der Waals surface area contributed by atoms with Crippen LogP contribution in [0.4, 0.5) is 17.1 Å². The van der Waals surface area contributed by atoms with Crippen molar-refractivity contribution >= 4 is 33.9 Å². The van der Waals surface area contributed by atoms with Gasteiger partial charge in [-0.1, -0.05) is 18.2 Å². The van der Waals surface area contributed by atoms with Gasteiger partial charge in [0, 0.05) is 17.1 Å². The van der Waals surface area contributed by atoms with E-state index < -0.39 is 5.91 Å². The number of para-hydroxylation sites is 1. The Labute approximate surface area is 121 Å². The molecule has 5 N–H and O–H groups in total. The molecule has 0 saturated heterocycles. The van der Waals surface area contributed by atoms with Gasteiger partial charge in [-0.2, -0.15) is 0 Å². The molecule has 1 aromatic heterocycles. The molecule has 21 heavy (non-hydrogen) atoms. The van der Waals surface area contributed by atoms with Gasteiger partial charge in [-0.05, 0) is 30.3 Å². The normalized spacial score (nSPS) is 10.5. The second-order valence-electron chi connectivity index (χ2n) is 4.67. The fraction of sp³-hybridized carbons (Fsp3) is 0. The number of carbonyl (C=O) groups is 1. The highest BCUT2D eigenvalue weighted by atomic mass is 16.1. The van der Waals surface area contributed by atoms with Gasteiger partial charge in [0.1, 0.15) is 0 Å². The molecule has 0 saturated carbocycles. The maximum atomic E-state index is 11.3. The Balaban J connectivity index is 2.06. The van der Waals surface area contributed by atoms with Crippen LogP contribution in [0, 0.1) is 0 Å². The number of amides is 1. The highest BCUT2D eigenvalue weighted by molar-refractivity contribution is 5.97. The number of rotatable bonds is 3. The molecule has 0 spiro atoms. The van der Waals surface area contributed by atoms with Gasteiger partial charge in [-0.25, -0.2) is 0 Å². The van der Waals surface area contributed by atoms with Crippen molar-refractivity contribution in [2.24, 2.45) is 5.73 Å². The SMILES string of the molecule is NC(=O)c1ccc(N)c(Nc2cccc3cccnc23)c1. The third-order valence-electron chi connectivity index (χ3n) is 3.24. The fourth-order valence-corrected chi connectivity index (χ4v) is 2.17. The second-order valence-corrected chi connectivity index (χ2v) is 4.67. The van der Waals surface area contributed by atoms with Crippen molar-refractivity contribution in [2.75, 3.05) is 11.1 Å². The Morgan fingerprint density at radius 1 is 1.05 bits per heavy atom. The Morgan fingerprint density at radius 2 is 1.86 bits per heavy atom. The van der Waals surface area contributed by atoms with Crippen LogP contribution >= 0.6 is 0 Å². The van der Waals surface area contributed by atoms with Gasteiger partial charge in [-0.15, -0.1) is 0 Å². The third-order valence-corrected chi connectivity index (χ3v) is 3.24. The number of hydrogen-bond acceptors (Lipinski definition) is 4. The van der Waals surface area contributed by atoms with Crippen LogP contribution in [0.1, 0.15) is 10.4 Å². The van der Waals surface area contributed by atoms with E-state index in [0.29, 0.717) is 16.9 Å². The maximum Gasteiger partial charge on any atom is 0.248 e. The lowest BCUT2D eigenvalue weighted by Gasteiger charge is -2.12. The van der Waals surface area contributed by atoms with Gasteiger partial charge in [0.05, 0.1) is 22.6 Å². The molecular weight excluding hydrogens is 264 g/mol. The third kappa shape index (κ3) is 2.49. The van der Waals surface area contributed by atoms with E-state index in [9.17, 15) is 4.79 Å². The van der Waals surface area contributed by atoms with Crippen molar-refractivity contribution < 1.29 is 4.79 Å². The lowest BCUT2D eigenvalue weighted by molar-refractivity contribution is 0.100. The van der Waals surface area contributed by atoms with E-state index in [1.807, 2.05) is 30.3 Å². The summed E-state index contributed by atoms with van der Waals surface area (Å²) in [5, 5.41) is 4.24. The van der Waals surface area contributed by atoms with E-state index in [-0.39, 0.29) is 0 Å². The number of fused-ring (bicyclic) bond motifs is 1. The molecule has 0 fully saturated rings. The van der Waals surface area contributed by atoms with Crippen LogP contribution in [-0.2, 0) is 0 Å². The highest BCUT2D eigenvalue weighted by Gasteiger charge is 2.07. The number of nitrogens with zero attached hydrogens (tertiary/aromatic N) is 1. The zero-order chi connectivity index (χ0) is 14.8. The minimum atomic E-state index is -0.492. The number of nitrogens with two attached hydrogens (primary N) is 2. The molecular formula is C16H14N4O. The van der Waals surface area contributed by atoms with E-state index in [1.54, 1.807) is 24.4 Å². The summed E-state index contributed by atoms with van der Waals surface area (Å²) in [6.07, 6.45) is 1.73. The van der Waals surface area contributed by atoms with Crippen LogP contribution in [0.5, 0.6) is 0 Å². The van der Waals surface area contributed by atoms with Crippen molar-refractivity contribution in [1.82, 2.24) is 4.98 Å². The van der Waals surface area contributed by atoms with E-state index in [2.05, 4.69) is 10.3 Å². The summed E-state index contributed by atoms with van der Waals surface area (Å²) >= 11 is 0. The number of benzene rings is 2. The number of carbonyl (C=O) groups excluding carboxylic acids is 1. The minimum absolute atomic E-state index is 0.403. The number of aromatic nitrogens is 1. The lowest BCUT2D eigenvalue weighted by atomic mass is 10.1. The number of pyridine rings is 1. The number of hydrogen-bond donors (Lipinski definition) is 3. The quantitative estimate of drug-likeness (QED) is 0.642. The first kappa shape index (κ1) is 12.9. The summed E-state index contributed by atoms with van der Waals surface area (Å²) in [6.45, 7) is 0. The molecule has 1 amide bonds. The van der Waals surface area contributed by atoms with Crippen molar-refractivity contribution in [1.29, 1.82) is 0 Å². The zero-order valence-corrected chi connectivity index (χ0v) is 11.2. The molecule has 3 rings (SSSR count). The molecule has 0 radical (unpaired) electrons. The molecule has 5 nitrogen and oxygen atoms in total. The molecule has 0 aliphatic rings. The number of nitrogen functional groups attached to an aromatic ring is 1. The fourth-order valence-electron chi connectivity index (χ4n) is 2.17. The Hall–Kier alpha value is -3.08. The summed E-state index contributed by atoms with van der Waals surface area (Å²) in [7, 11) is 0. The number of nitrogens with one attached hydrogen (secondary N) is 1. The van der Waals surface area contributed by atoms with Crippen molar-refractivity contribution in [3.63, 3.8) is 0 Å². The number of anilines is 3. The topological polar surface area (TPSA) is 94.0 Å². The average Bonchev–Trinajstić information content (AvgIpc) is 2.49. The van der Waals surface area contributed by atoms with E-state index in [0.717, 1.165) is 16.6 Å². The van der Waals surface area contributed by atoms with Gasteiger partial charge in [0.15, 0.2) is 0 Å². The Bertz CT molecular complexity index is 824. The predicted octanol–water partition coefficient (Wildman–Crippen LogP) is 2.66. The van der Waals surface area contributed by atoms with Crippen molar-refractivity contribution in [2.45, 2.75) is 0 Å². The van der Waals surface area contributed by atoms with Crippen LogP contribution < -0.4 is 16.8 Å². The molecule has 0 unspecified atom stereocenters. The molecule has 0 atom stereocenters. The number of primary amides is 1. The first-order valence-corrected chi connectivity index (χ1v) is 6.45. The summed E-state index contributed by atoms with van der Waals surface area (Å²) < 4.78 is 0. The van der Waals surface area contributed by atoms with Crippen molar-refractivity contribution in [3.05, 3.63) is 60.3 Å². The van der Waals surface area contributed by atoms with Crippen LogP contribution in [0.2, 0.25) is 0 Å². The molecule has 0 bridgehead atoms. The summed E-state index contributed by atoms with van der Waals surface area (Å²) in [5.74, 6) is -0.492. The molecule has 1 heterocycles. The molecule has 2 aromatic carbocycles. The van der Waals surface area contributed by atoms with Gasteiger partial charge >= 0.3 is 0 Å². The van der Waals surface area contributed by atoms with Crippen LogP contribution in [0.3, 0.4) is 0 Å². The summed E-state index contributed by atoms with van der Waals surface area (Å²) in [5.41, 5.74) is 14.5. The Kier molecular flexibility index (Phi) is 3.16. The predicted molar refractivity (Wildman–Crippen MR) is 84.4 cm³/mol. The summed E-state index contributed by atoms with van der Waals surface area (Å²) in [4.78, 5) is 15.6. The van der Waals surface area contributed by atoms with E-state index in [4.69, 9.17) is 11.5 Å². The van der Waals surface area contributed by atoms with Crippen LogP contribution in [-0.4, -0.2) is 10.9 Å². The van der Waals surface area contributed by atoms with Crippen molar-refractivity contribution in [3.8, 4) is 0 Å². The standard InChI is InChI=1S/C16H14N4O/c17-12-7-6-11(16(18)21)9-14(12)20-13-5-1-3-10-4-2-8-19-15(10)13/h1-9,20H,17H2,(H2,18,21). The monoisotopic (exact) mass is 278 g/mol. The molecule has 0 aliphatic carbocycles. The average molecular weight is 278 g/mol.